The summed E-state index contributed by atoms with van der Waals surface area (Å²) in [5.74, 6) is -2.32. The van der Waals surface area contributed by atoms with Crippen LogP contribution >= 0.6 is 0 Å². The van der Waals surface area contributed by atoms with Gasteiger partial charge in [-0.2, -0.15) is 0 Å². The smallest absolute Gasteiger partial charge is 0.309 e. The number of aliphatic hydroxyl groups is 3. The molecular weight excluding hydrogens is 534 g/mol. The van der Waals surface area contributed by atoms with E-state index in [0.717, 1.165) is 38.5 Å². The first-order chi connectivity index (χ1) is 20.5. The van der Waals surface area contributed by atoms with Crippen LogP contribution in [0.4, 0.5) is 0 Å². The molecule has 0 radical (unpaired) electrons. The Morgan fingerprint density at radius 3 is 1.33 bits per heavy atom. The second-order valence-corrected chi connectivity index (χ2v) is 12.3. The number of carbonyl (C=O) groups is 2. The quantitative estimate of drug-likeness (QED) is 0.0758. The van der Waals surface area contributed by atoms with Gasteiger partial charge in [-0.3, -0.25) is 14.5 Å². The number of aliphatic hydroxyl groups excluding tert-OH is 3. The fourth-order valence-electron chi connectivity index (χ4n) is 6.16. The van der Waals surface area contributed by atoms with Gasteiger partial charge in [0.2, 0.25) is 0 Å². The van der Waals surface area contributed by atoms with Crippen LogP contribution in [0.1, 0.15) is 142 Å². The van der Waals surface area contributed by atoms with Gasteiger partial charge in [0.25, 0.3) is 0 Å². The molecule has 0 aromatic carbocycles. The van der Waals surface area contributed by atoms with Crippen molar-refractivity contribution >= 4 is 11.9 Å². The highest BCUT2D eigenvalue weighted by Crippen LogP contribution is 2.35. The Balaban J connectivity index is 2.57. The van der Waals surface area contributed by atoms with Gasteiger partial charge in [-0.15, -0.1) is 0 Å². The third-order valence-electron chi connectivity index (χ3n) is 8.75. The molecule has 4 atom stereocenters. The number of unbranched alkanes of at least 4 members (excludes halogenated alkanes) is 16. The van der Waals surface area contributed by atoms with Gasteiger partial charge < -0.3 is 24.8 Å². The maximum Gasteiger partial charge on any atom is 0.309 e. The molecule has 0 aliphatic heterocycles. The zero-order valence-electron chi connectivity index (χ0n) is 27.1. The van der Waals surface area contributed by atoms with Gasteiger partial charge in [0.05, 0.1) is 44.4 Å². The number of rotatable bonds is 27. The van der Waals surface area contributed by atoms with Gasteiger partial charge in [-0.1, -0.05) is 117 Å². The molecule has 248 valence electrons. The van der Waals surface area contributed by atoms with E-state index in [1.165, 1.54) is 77.0 Å². The summed E-state index contributed by atoms with van der Waals surface area (Å²) in [6.45, 7) is 5.40. The van der Waals surface area contributed by atoms with Crippen molar-refractivity contribution in [3.05, 3.63) is 0 Å². The molecule has 1 saturated carbocycles. The van der Waals surface area contributed by atoms with Crippen molar-refractivity contribution in [1.29, 1.82) is 0 Å². The Labute approximate surface area is 256 Å². The van der Waals surface area contributed by atoms with Crippen LogP contribution in [0.2, 0.25) is 0 Å². The molecule has 0 bridgehead atoms. The van der Waals surface area contributed by atoms with E-state index in [9.17, 15) is 24.9 Å². The first-order valence-corrected chi connectivity index (χ1v) is 17.5. The lowest BCUT2D eigenvalue weighted by atomic mass is 9.74. The van der Waals surface area contributed by atoms with Crippen molar-refractivity contribution in [3.8, 4) is 0 Å². The van der Waals surface area contributed by atoms with Gasteiger partial charge >= 0.3 is 11.9 Å². The van der Waals surface area contributed by atoms with Crippen LogP contribution < -0.4 is 0 Å². The molecule has 1 aliphatic rings. The van der Waals surface area contributed by atoms with E-state index in [0.29, 0.717) is 13.2 Å². The van der Waals surface area contributed by atoms with Crippen LogP contribution in [0.25, 0.3) is 0 Å². The summed E-state index contributed by atoms with van der Waals surface area (Å²) in [5.41, 5.74) is 0. The van der Waals surface area contributed by atoms with Crippen molar-refractivity contribution in [2.75, 3.05) is 39.5 Å². The predicted octanol–water partition coefficient (Wildman–Crippen LogP) is 6.18. The molecule has 0 heterocycles. The number of hydrogen-bond donors (Lipinski definition) is 3. The van der Waals surface area contributed by atoms with Gasteiger partial charge in [-0.25, -0.2) is 0 Å². The Morgan fingerprint density at radius 2 is 0.952 bits per heavy atom. The molecule has 1 fully saturated rings. The monoisotopic (exact) mass is 599 g/mol. The molecule has 0 amide bonds. The number of ether oxygens (including phenoxy) is 2. The van der Waals surface area contributed by atoms with E-state index < -0.39 is 35.9 Å². The predicted molar refractivity (Wildman–Crippen MR) is 168 cm³/mol. The van der Waals surface area contributed by atoms with E-state index in [-0.39, 0.29) is 39.1 Å². The molecule has 3 N–H and O–H groups in total. The lowest BCUT2D eigenvalue weighted by Crippen LogP contribution is -2.54. The second kappa shape index (κ2) is 26.2. The van der Waals surface area contributed by atoms with Crippen LogP contribution in [0.15, 0.2) is 0 Å². The Hall–Kier alpha value is -1.22. The minimum absolute atomic E-state index is 0.104. The van der Waals surface area contributed by atoms with Crippen LogP contribution in [0.3, 0.4) is 0 Å². The second-order valence-electron chi connectivity index (χ2n) is 12.3. The van der Waals surface area contributed by atoms with Gasteiger partial charge in [0.1, 0.15) is 0 Å². The van der Waals surface area contributed by atoms with Crippen molar-refractivity contribution < 1.29 is 34.4 Å². The molecule has 1 aliphatic carbocycles. The van der Waals surface area contributed by atoms with Crippen molar-refractivity contribution in [2.24, 2.45) is 11.8 Å². The van der Waals surface area contributed by atoms with Gasteiger partial charge in [0.15, 0.2) is 0 Å². The zero-order valence-corrected chi connectivity index (χ0v) is 27.1. The van der Waals surface area contributed by atoms with Crippen LogP contribution in [-0.2, 0) is 19.1 Å². The Kier molecular flexibility index (Phi) is 24.2. The standard InChI is InChI=1S/C34H65NO7/c1-3-5-7-9-11-13-15-17-19-25-41-33(39)29-27-31(35(21-23-36)22-24-37)32(38)28-30(29)34(40)42-26-20-18-16-14-12-10-8-6-4-2/h29-32,36-38H,3-28H2,1-2H3. The molecule has 0 aromatic rings. The van der Waals surface area contributed by atoms with E-state index in [1.807, 2.05) is 0 Å². The fourth-order valence-corrected chi connectivity index (χ4v) is 6.16. The highest BCUT2D eigenvalue weighted by atomic mass is 16.5. The molecule has 42 heavy (non-hydrogen) atoms. The summed E-state index contributed by atoms with van der Waals surface area (Å²) < 4.78 is 11.3. The molecule has 0 spiro atoms. The average molecular weight is 600 g/mol. The van der Waals surface area contributed by atoms with Crippen molar-refractivity contribution in [3.63, 3.8) is 0 Å². The zero-order chi connectivity index (χ0) is 30.8. The van der Waals surface area contributed by atoms with Gasteiger partial charge in [-0.05, 0) is 25.7 Å². The van der Waals surface area contributed by atoms with E-state index in [2.05, 4.69) is 13.8 Å². The first kappa shape index (κ1) is 38.8. The highest BCUT2D eigenvalue weighted by Gasteiger charge is 2.46. The van der Waals surface area contributed by atoms with Crippen molar-refractivity contribution in [2.45, 2.75) is 154 Å². The highest BCUT2D eigenvalue weighted by molar-refractivity contribution is 5.82. The summed E-state index contributed by atoms with van der Waals surface area (Å²) in [6.07, 6.45) is 20.6. The number of esters is 2. The number of carbonyl (C=O) groups excluding carboxylic acids is 2. The van der Waals surface area contributed by atoms with Crippen LogP contribution in [0, 0.1) is 11.8 Å². The third-order valence-corrected chi connectivity index (χ3v) is 8.75. The topological polar surface area (TPSA) is 117 Å². The molecule has 8 heteroatoms. The summed E-state index contributed by atoms with van der Waals surface area (Å²) in [6, 6.07) is -0.448. The molecule has 4 unspecified atom stereocenters. The largest absolute Gasteiger partial charge is 0.465 e. The lowest BCUT2D eigenvalue weighted by molar-refractivity contribution is -0.168. The minimum Gasteiger partial charge on any atom is -0.465 e. The first-order valence-electron chi connectivity index (χ1n) is 17.5. The maximum absolute atomic E-state index is 13.3. The van der Waals surface area contributed by atoms with E-state index in [4.69, 9.17) is 9.47 Å². The third kappa shape index (κ3) is 17.2. The maximum atomic E-state index is 13.3. The molecule has 8 nitrogen and oxygen atoms in total. The Bertz CT molecular complexity index is 656. The summed E-state index contributed by atoms with van der Waals surface area (Å²) >= 11 is 0. The van der Waals surface area contributed by atoms with Crippen LogP contribution in [0.5, 0.6) is 0 Å². The molecule has 0 aromatic heterocycles. The minimum atomic E-state index is -0.866. The van der Waals surface area contributed by atoms with Gasteiger partial charge in [0, 0.05) is 19.1 Å². The molecular formula is C34H65NO7. The molecule has 0 saturated heterocycles. The van der Waals surface area contributed by atoms with E-state index >= 15 is 0 Å². The lowest BCUT2D eigenvalue weighted by Gasteiger charge is -2.42. The SMILES string of the molecule is CCCCCCCCCCCOC(=O)C1CC(O)C(N(CCO)CCO)CC1C(=O)OCCCCCCCCCCC. The van der Waals surface area contributed by atoms with Crippen LogP contribution in [-0.4, -0.2) is 83.8 Å². The average Bonchev–Trinajstić information content (AvgIpc) is 2.98. The Morgan fingerprint density at radius 1 is 0.595 bits per heavy atom. The normalized spacial score (nSPS) is 20.6. The fraction of sp³-hybridized carbons (Fsp3) is 0.941. The summed E-state index contributed by atoms with van der Waals surface area (Å²) in [5, 5.41) is 30.0. The van der Waals surface area contributed by atoms with Crippen molar-refractivity contribution in [1.82, 2.24) is 4.90 Å². The number of hydrogen-bond acceptors (Lipinski definition) is 8. The molecule has 1 rings (SSSR count). The summed E-state index contributed by atoms with van der Waals surface area (Å²) in [4.78, 5) is 28.2. The summed E-state index contributed by atoms with van der Waals surface area (Å²) in [7, 11) is 0. The van der Waals surface area contributed by atoms with E-state index in [1.54, 1.807) is 4.90 Å². The number of nitrogens with zero attached hydrogens (tertiary/aromatic N) is 1.